The van der Waals surface area contributed by atoms with Crippen LogP contribution in [0.2, 0.25) is 5.02 Å². The molecule has 0 aliphatic carbocycles. The van der Waals surface area contributed by atoms with Gasteiger partial charge in [0.15, 0.2) is 0 Å². The van der Waals surface area contributed by atoms with Crippen molar-refractivity contribution in [2.75, 3.05) is 11.5 Å². The van der Waals surface area contributed by atoms with E-state index in [9.17, 15) is 9.18 Å². The van der Waals surface area contributed by atoms with Gasteiger partial charge in [0.2, 0.25) is 0 Å². The minimum atomic E-state index is -1.23. The highest BCUT2D eigenvalue weighted by molar-refractivity contribution is 6.30. The molecule has 0 unspecified atom stereocenters. The summed E-state index contributed by atoms with van der Waals surface area (Å²) in [5.41, 5.74) is 1.94. The zero-order chi connectivity index (χ0) is 21.3. The predicted octanol–water partition coefficient (Wildman–Crippen LogP) is 4.35. The highest BCUT2D eigenvalue weighted by atomic mass is 35.5. The number of alkyl halides is 1. The highest BCUT2D eigenvalue weighted by Gasteiger charge is 2.39. The van der Waals surface area contributed by atoms with Crippen molar-refractivity contribution in [1.82, 2.24) is 19.7 Å². The molecule has 3 heterocycles. The molecule has 1 aliphatic rings. The molecule has 7 nitrogen and oxygen atoms in total. The fourth-order valence-corrected chi connectivity index (χ4v) is 3.50. The lowest BCUT2D eigenvalue weighted by atomic mass is 10.0. The number of cyclic esters (lactones) is 1. The average molecular weight is 430 g/mol. The van der Waals surface area contributed by atoms with Gasteiger partial charge in [0, 0.05) is 23.8 Å². The Kier molecular flexibility index (Phi) is 5.67. The maximum absolute atomic E-state index is 13.9. The van der Waals surface area contributed by atoms with Crippen molar-refractivity contribution in [2.45, 2.75) is 38.4 Å². The fourth-order valence-electron chi connectivity index (χ4n) is 3.38. The maximum Gasteiger partial charge on any atom is 0.416 e. The molecule has 30 heavy (non-hydrogen) atoms. The molecular weight excluding hydrogens is 409 g/mol. The molecular formula is C21H21ClFN5O2. The van der Waals surface area contributed by atoms with Gasteiger partial charge in [-0.1, -0.05) is 18.5 Å². The highest BCUT2D eigenvalue weighted by Crippen LogP contribution is 2.26. The third-order valence-electron chi connectivity index (χ3n) is 5.13. The van der Waals surface area contributed by atoms with E-state index in [1.165, 1.54) is 11.8 Å². The van der Waals surface area contributed by atoms with Crippen LogP contribution in [0, 0.1) is 0 Å². The van der Waals surface area contributed by atoms with Crippen LogP contribution in [0.3, 0.4) is 0 Å². The number of benzene rings is 1. The monoisotopic (exact) mass is 429 g/mol. The second-order valence-electron chi connectivity index (χ2n) is 7.32. The Balaban J connectivity index is 1.50. The summed E-state index contributed by atoms with van der Waals surface area (Å²) in [7, 11) is 0. The van der Waals surface area contributed by atoms with Crippen LogP contribution in [-0.4, -0.2) is 44.7 Å². The quantitative estimate of drug-likeness (QED) is 0.582. The Labute approximate surface area is 178 Å². The SMILES string of the molecule is C[C@H](Cc1nccc(N2C(=O)OC[C@@H]2[C@@H](C)F)n1)c1cnn(-c2ccc(Cl)cc2)c1. The normalized spacial score (nSPS) is 18.3. The Hall–Kier alpha value is -3.00. The number of carbonyl (C=O) groups excluding carboxylic acids is 1. The van der Waals surface area contributed by atoms with Crippen molar-refractivity contribution in [3.05, 3.63) is 65.3 Å². The lowest BCUT2D eigenvalue weighted by Gasteiger charge is -2.21. The third kappa shape index (κ3) is 4.14. The number of hydrogen-bond donors (Lipinski definition) is 0. The van der Waals surface area contributed by atoms with E-state index in [0.29, 0.717) is 23.1 Å². The van der Waals surface area contributed by atoms with Crippen LogP contribution in [0.1, 0.15) is 31.2 Å². The lowest BCUT2D eigenvalue weighted by Crippen LogP contribution is -2.39. The summed E-state index contributed by atoms with van der Waals surface area (Å²) in [5, 5.41) is 5.09. The Morgan fingerprint density at radius 3 is 2.77 bits per heavy atom. The van der Waals surface area contributed by atoms with E-state index in [1.807, 2.05) is 36.7 Å². The Bertz CT molecular complexity index is 1040. The van der Waals surface area contributed by atoms with Gasteiger partial charge in [-0.2, -0.15) is 5.10 Å². The van der Waals surface area contributed by atoms with Gasteiger partial charge in [-0.05, 0) is 48.7 Å². The molecule has 1 amide bonds. The number of halogens is 2. The largest absolute Gasteiger partial charge is 0.447 e. The van der Waals surface area contributed by atoms with Gasteiger partial charge in [-0.25, -0.2) is 23.8 Å². The Morgan fingerprint density at radius 2 is 2.03 bits per heavy atom. The molecule has 9 heteroatoms. The summed E-state index contributed by atoms with van der Waals surface area (Å²) in [6.45, 7) is 3.47. The van der Waals surface area contributed by atoms with E-state index < -0.39 is 18.3 Å². The number of hydrogen-bond acceptors (Lipinski definition) is 5. The summed E-state index contributed by atoms with van der Waals surface area (Å²) >= 11 is 5.94. The molecule has 1 saturated heterocycles. The first-order valence-corrected chi connectivity index (χ1v) is 10.0. The van der Waals surface area contributed by atoms with E-state index in [0.717, 1.165) is 11.3 Å². The van der Waals surface area contributed by atoms with Gasteiger partial charge in [0.05, 0.1) is 11.9 Å². The molecule has 2 aromatic heterocycles. The van der Waals surface area contributed by atoms with E-state index in [4.69, 9.17) is 16.3 Å². The molecule has 3 aromatic rings. The standard InChI is InChI=1S/C21H21ClFN5O2/c1-13(15-10-25-27(11-15)17-5-3-16(22)4-6-17)9-19-24-8-7-20(26-19)28-18(14(2)23)12-30-21(28)29/h3-8,10-11,13-14,18H,9,12H2,1-2H3/t13-,14-,18-/m1/s1. The number of ether oxygens (including phenoxy) is 1. The van der Waals surface area contributed by atoms with Crippen molar-refractivity contribution < 1.29 is 13.9 Å². The first-order chi connectivity index (χ1) is 14.4. The zero-order valence-electron chi connectivity index (χ0n) is 16.6. The molecule has 4 rings (SSSR count). The van der Waals surface area contributed by atoms with Crippen molar-refractivity contribution in [3.63, 3.8) is 0 Å². The lowest BCUT2D eigenvalue weighted by molar-refractivity contribution is 0.174. The minimum absolute atomic E-state index is 0.0100. The fraction of sp³-hybridized carbons (Fsp3) is 0.333. The molecule has 1 aliphatic heterocycles. The summed E-state index contributed by atoms with van der Waals surface area (Å²) in [6.07, 6.45) is 4.06. The second kappa shape index (κ2) is 8.39. The molecule has 1 fully saturated rings. The summed E-state index contributed by atoms with van der Waals surface area (Å²) in [5.74, 6) is 0.994. The Morgan fingerprint density at radius 1 is 1.27 bits per heavy atom. The molecule has 0 bridgehead atoms. The second-order valence-corrected chi connectivity index (χ2v) is 7.76. The van der Waals surface area contributed by atoms with Gasteiger partial charge >= 0.3 is 6.09 Å². The van der Waals surface area contributed by atoms with E-state index in [-0.39, 0.29) is 12.5 Å². The molecule has 0 N–H and O–H groups in total. The van der Waals surface area contributed by atoms with Gasteiger partial charge in [0.1, 0.15) is 30.5 Å². The van der Waals surface area contributed by atoms with Crippen LogP contribution >= 0.6 is 11.6 Å². The van der Waals surface area contributed by atoms with Crippen molar-refractivity contribution in [3.8, 4) is 5.69 Å². The molecule has 0 spiro atoms. The van der Waals surface area contributed by atoms with Crippen LogP contribution in [0.4, 0.5) is 15.0 Å². The van der Waals surface area contributed by atoms with Crippen molar-refractivity contribution in [2.24, 2.45) is 0 Å². The average Bonchev–Trinajstić information content (AvgIpc) is 3.36. The first kappa shape index (κ1) is 20.3. The molecule has 1 aromatic carbocycles. The van der Waals surface area contributed by atoms with Crippen LogP contribution in [0.5, 0.6) is 0 Å². The van der Waals surface area contributed by atoms with Gasteiger partial charge in [0.25, 0.3) is 0 Å². The number of carbonyl (C=O) groups is 1. The number of amides is 1. The summed E-state index contributed by atoms with van der Waals surface area (Å²) in [4.78, 5) is 22.1. The van der Waals surface area contributed by atoms with Crippen molar-refractivity contribution in [1.29, 1.82) is 0 Å². The van der Waals surface area contributed by atoms with Gasteiger partial charge in [-0.3, -0.25) is 4.90 Å². The van der Waals surface area contributed by atoms with Crippen LogP contribution < -0.4 is 4.90 Å². The molecule has 0 saturated carbocycles. The van der Waals surface area contributed by atoms with Crippen LogP contribution in [0.25, 0.3) is 5.69 Å². The van der Waals surface area contributed by atoms with Gasteiger partial charge < -0.3 is 4.74 Å². The number of nitrogens with zero attached hydrogens (tertiary/aromatic N) is 5. The first-order valence-electron chi connectivity index (χ1n) is 9.65. The van der Waals surface area contributed by atoms with Crippen LogP contribution in [-0.2, 0) is 11.2 Å². The van der Waals surface area contributed by atoms with Gasteiger partial charge in [-0.15, -0.1) is 0 Å². The summed E-state index contributed by atoms with van der Waals surface area (Å²) < 4.78 is 20.7. The number of rotatable bonds is 6. The minimum Gasteiger partial charge on any atom is -0.447 e. The molecule has 3 atom stereocenters. The van der Waals surface area contributed by atoms with E-state index in [1.54, 1.807) is 16.9 Å². The third-order valence-corrected chi connectivity index (χ3v) is 5.38. The molecule has 0 radical (unpaired) electrons. The number of anilines is 1. The number of aromatic nitrogens is 4. The van der Waals surface area contributed by atoms with E-state index >= 15 is 0 Å². The zero-order valence-corrected chi connectivity index (χ0v) is 17.3. The van der Waals surface area contributed by atoms with Crippen LogP contribution in [0.15, 0.2) is 48.9 Å². The van der Waals surface area contributed by atoms with Crippen molar-refractivity contribution >= 4 is 23.5 Å². The smallest absolute Gasteiger partial charge is 0.416 e. The molecule has 156 valence electrons. The van der Waals surface area contributed by atoms with E-state index in [2.05, 4.69) is 22.0 Å². The maximum atomic E-state index is 13.9. The summed E-state index contributed by atoms with van der Waals surface area (Å²) in [6, 6.07) is 8.33. The predicted molar refractivity (Wildman–Crippen MR) is 111 cm³/mol. The topological polar surface area (TPSA) is 73.1 Å².